The summed E-state index contributed by atoms with van der Waals surface area (Å²) in [7, 11) is 0. The summed E-state index contributed by atoms with van der Waals surface area (Å²) in [5.74, 6) is 0. The van der Waals surface area contributed by atoms with Crippen LogP contribution in [-0.4, -0.2) is 26.2 Å². The predicted molar refractivity (Wildman–Crippen MR) is 89.5 cm³/mol. The molecular weight excluding hydrogens is 244 g/mol. The maximum Gasteiger partial charge on any atom is 0.0448 e. The first-order valence-corrected chi connectivity index (χ1v) is 7.36. The molecular formula is C18H24N2. The summed E-state index contributed by atoms with van der Waals surface area (Å²) in [5.41, 5.74) is 2.52. The zero-order valence-electron chi connectivity index (χ0n) is 12.5. The van der Waals surface area contributed by atoms with Crippen molar-refractivity contribution in [2.24, 2.45) is 0 Å². The second-order valence-corrected chi connectivity index (χ2v) is 5.04. The average Bonchev–Trinajstić information content (AvgIpc) is 2.50. The van der Waals surface area contributed by atoms with Crippen LogP contribution < -0.4 is 10.2 Å². The van der Waals surface area contributed by atoms with Crippen LogP contribution in [0.3, 0.4) is 0 Å². The first-order valence-electron chi connectivity index (χ1n) is 7.36. The first-order chi connectivity index (χ1) is 9.76. The summed E-state index contributed by atoms with van der Waals surface area (Å²) < 4.78 is 0. The molecule has 0 atom stereocenters. The number of rotatable bonds is 7. The summed E-state index contributed by atoms with van der Waals surface area (Å²) in [6.07, 6.45) is 0. The Morgan fingerprint density at radius 1 is 1.10 bits per heavy atom. The smallest absolute Gasteiger partial charge is 0.0448 e. The molecule has 2 heteroatoms. The van der Waals surface area contributed by atoms with E-state index in [-0.39, 0.29) is 0 Å². The molecule has 0 spiro atoms. The van der Waals surface area contributed by atoms with Crippen molar-refractivity contribution in [3.8, 4) is 0 Å². The van der Waals surface area contributed by atoms with Crippen LogP contribution in [0.1, 0.15) is 13.8 Å². The van der Waals surface area contributed by atoms with Gasteiger partial charge in [0, 0.05) is 30.7 Å². The van der Waals surface area contributed by atoms with Crippen LogP contribution in [0.4, 0.5) is 5.69 Å². The van der Waals surface area contributed by atoms with Crippen LogP contribution in [0.2, 0.25) is 0 Å². The highest BCUT2D eigenvalue weighted by Crippen LogP contribution is 2.26. The van der Waals surface area contributed by atoms with Crippen LogP contribution in [0, 0.1) is 0 Å². The predicted octanol–water partition coefficient (Wildman–Crippen LogP) is 3.83. The minimum absolute atomic E-state index is 0.887. The van der Waals surface area contributed by atoms with Gasteiger partial charge in [0.15, 0.2) is 0 Å². The van der Waals surface area contributed by atoms with Gasteiger partial charge in [-0.1, -0.05) is 49.9 Å². The molecule has 0 saturated heterocycles. The Hall–Kier alpha value is -1.80. The largest absolute Gasteiger partial charge is 0.367 e. The van der Waals surface area contributed by atoms with E-state index in [0.717, 1.165) is 26.2 Å². The molecule has 0 amide bonds. The zero-order chi connectivity index (χ0) is 14.4. The second kappa shape index (κ2) is 7.11. The Bertz CT molecular complexity index is 569. The molecule has 0 aromatic heterocycles. The molecule has 0 aliphatic heterocycles. The summed E-state index contributed by atoms with van der Waals surface area (Å²) >= 11 is 0. The van der Waals surface area contributed by atoms with Crippen molar-refractivity contribution in [2.75, 3.05) is 31.1 Å². The fraction of sp³-hybridized carbons (Fsp3) is 0.333. The topological polar surface area (TPSA) is 15.3 Å². The number of anilines is 1. The van der Waals surface area contributed by atoms with E-state index in [9.17, 15) is 0 Å². The number of nitrogens with zero attached hydrogens (tertiary/aromatic N) is 1. The van der Waals surface area contributed by atoms with Crippen molar-refractivity contribution >= 4 is 16.5 Å². The SMILES string of the molecule is C=C(CNCC)CN(CC)c1cccc2ccccc12. The Morgan fingerprint density at radius 3 is 2.60 bits per heavy atom. The molecule has 2 rings (SSSR count). The van der Waals surface area contributed by atoms with Gasteiger partial charge < -0.3 is 10.2 Å². The lowest BCUT2D eigenvalue weighted by atomic mass is 10.1. The van der Waals surface area contributed by atoms with Crippen molar-refractivity contribution < 1.29 is 0 Å². The number of likely N-dealkylation sites (N-methyl/N-ethyl adjacent to an activating group) is 2. The standard InChI is InChI=1S/C18H24N2/c1-4-19-13-15(3)14-20(5-2)18-12-8-10-16-9-6-7-11-17(16)18/h6-12,19H,3-5,13-14H2,1-2H3. The van der Waals surface area contributed by atoms with E-state index < -0.39 is 0 Å². The molecule has 0 radical (unpaired) electrons. The lowest BCUT2D eigenvalue weighted by Crippen LogP contribution is -2.29. The monoisotopic (exact) mass is 268 g/mol. The van der Waals surface area contributed by atoms with Gasteiger partial charge in [0.25, 0.3) is 0 Å². The summed E-state index contributed by atoms with van der Waals surface area (Å²) in [5, 5.41) is 5.95. The maximum atomic E-state index is 4.18. The molecule has 106 valence electrons. The van der Waals surface area contributed by atoms with Gasteiger partial charge in [-0.2, -0.15) is 0 Å². The molecule has 0 saturated carbocycles. The van der Waals surface area contributed by atoms with Crippen LogP contribution in [0.25, 0.3) is 10.8 Å². The minimum atomic E-state index is 0.887. The van der Waals surface area contributed by atoms with E-state index in [1.165, 1.54) is 22.0 Å². The van der Waals surface area contributed by atoms with Crippen molar-refractivity contribution in [2.45, 2.75) is 13.8 Å². The number of fused-ring (bicyclic) bond motifs is 1. The molecule has 1 N–H and O–H groups in total. The molecule has 0 aliphatic rings. The van der Waals surface area contributed by atoms with Gasteiger partial charge in [-0.15, -0.1) is 0 Å². The summed E-state index contributed by atoms with van der Waals surface area (Å²) in [4.78, 5) is 2.39. The zero-order valence-corrected chi connectivity index (χ0v) is 12.5. The molecule has 2 nitrogen and oxygen atoms in total. The Balaban J connectivity index is 2.23. The molecule has 0 fully saturated rings. The Kier molecular flexibility index (Phi) is 5.19. The van der Waals surface area contributed by atoms with Gasteiger partial charge in [-0.05, 0) is 30.5 Å². The van der Waals surface area contributed by atoms with Crippen LogP contribution >= 0.6 is 0 Å². The van der Waals surface area contributed by atoms with Crippen molar-refractivity contribution in [3.63, 3.8) is 0 Å². The fourth-order valence-electron chi connectivity index (χ4n) is 2.48. The average molecular weight is 268 g/mol. The molecule has 0 bridgehead atoms. The van der Waals surface area contributed by atoms with Gasteiger partial charge in [0.2, 0.25) is 0 Å². The van der Waals surface area contributed by atoms with E-state index in [4.69, 9.17) is 0 Å². The summed E-state index contributed by atoms with van der Waals surface area (Å²) in [6.45, 7) is 12.3. The lowest BCUT2D eigenvalue weighted by molar-refractivity contribution is 0.751. The van der Waals surface area contributed by atoms with Crippen LogP contribution in [0.15, 0.2) is 54.6 Å². The van der Waals surface area contributed by atoms with E-state index in [1.54, 1.807) is 0 Å². The van der Waals surface area contributed by atoms with Crippen molar-refractivity contribution in [1.82, 2.24) is 5.32 Å². The second-order valence-electron chi connectivity index (χ2n) is 5.04. The number of hydrogen-bond acceptors (Lipinski definition) is 2. The van der Waals surface area contributed by atoms with Crippen molar-refractivity contribution in [3.05, 3.63) is 54.6 Å². The number of nitrogens with one attached hydrogen (secondary N) is 1. The highest BCUT2D eigenvalue weighted by Gasteiger charge is 2.09. The Labute approximate surface area is 122 Å². The highest BCUT2D eigenvalue weighted by molar-refractivity contribution is 5.94. The van der Waals surface area contributed by atoms with E-state index >= 15 is 0 Å². The van der Waals surface area contributed by atoms with Gasteiger partial charge in [0.05, 0.1) is 0 Å². The van der Waals surface area contributed by atoms with Crippen LogP contribution in [0.5, 0.6) is 0 Å². The first kappa shape index (κ1) is 14.6. The third-order valence-electron chi connectivity index (χ3n) is 3.53. The molecule has 0 heterocycles. The molecule has 2 aromatic rings. The quantitative estimate of drug-likeness (QED) is 0.768. The van der Waals surface area contributed by atoms with Gasteiger partial charge in [-0.25, -0.2) is 0 Å². The Morgan fingerprint density at radius 2 is 1.85 bits per heavy atom. The third-order valence-corrected chi connectivity index (χ3v) is 3.53. The molecule has 2 aromatic carbocycles. The molecule has 0 aliphatic carbocycles. The minimum Gasteiger partial charge on any atom is -0.367 e. The highest BCUT2D eigenvalue weighted by atomic mass is 15.1. The number of hydrogen-bond donors (Lipinski definition) is 1. The summed E-state index contributed by atoms with van der Waals surface area (Å²) in [6, 6.07) is 15.1. The van der Waals surface area contributed by atoms with Gasteiger partial charge in [0.1, 0.15) is 0 Å². The van der Waals surface area contributed by atoms with Crippen molar-refractivity contribution in [1.29, 1.82) is 0 Å². The fourth-order valence-corrected chi connectivity index (χ4v) is 2.48. The molecule has 20 heavy (non-hydrogen) atoms. The van der Waals surface area contributed by atoms with E-state index in [0.29, 0.717) is 0 Å². The van der Waals surface area contributed by atoms with Crippen LogP contribution in [-0.2, 0) is 0 Å². The van der Waals surface area contributed by atoms with E-state index in [1.807, 2.05) is 0 Å². The molecule has 0 unspecified atom stereocenters. The number of benzene rings is 2. The maximum absolute atomic E-state index is 4.18. The van der Waals surface area contributed by atoms with Gasteiger partial charge >= 0.3 is 0 Å². The van der Waals surface area contributed by atoms with Gasteiger partial charge in [-0.3, -0.25) is 0 Å². The van der Waals surface area contributed by atoms with E-state index in [2.05, 4.69) is 73.1 Å². The normalized spacial score (nSPS) is 10.7. The third kappa shape index (κ3) is 3.40. The lowest BCUT2D eigenvalue weighted by Gasteiger charge is -2.26.